The van der Waals surface area contributed by atoms with Gasteiger partial charge in [0.25, 0.3) is 3.79 Å². The Morgan fingerprint density at radius 1 is 1.09 bits per heavy atom. The summed E-state index contributed by atoms with van der Waals surface area (Å²) < 4.78 is 32.5. The molecule has 10 atom stereocenters. The summed E-state index contributed by atoms with van der Waals surface area (Å²) in [7, 11) is 1.64. The van der Waals surface area contributed by atoms with Crippen molar-refractivity contribution in [2.75, 3.05) is 13.7 Å². The number of ether oxygens (including phenoxy) is 6. The number of nitrogens with one attached hydrogen (secondary N) is 1. The zero-order valence-corrected chi connectivity index (χ0v) is 22.1. The molecule has 34 heavy (non-hydrogen) atoms. The minimum Gasteiger partial charge on any atom is -0.463 e. The van der Waals surface area contributed by atoms with Crippen molar-refractivity contribution in [3.63, 3.8) is 0 Å². The second-order valence-corrected chi connectivity index (χ2v) is 10.9. The Morgan fingerprint density at radius 3 is 2.26 bits per heavy atom. The zero-order valence-electron chi connectivity index (χ0n) is 19.8. The van der Waals surface area contributed by atoms with E-state index in [1.54, 1.807) is 14.0 Å². The quantitative estimate of drug-likeness (QED) is 0.0950. The molecule has 2 aliphatic rings. The average molecular weight is 546 g/mol. The molecule has 0 radical (unpaired) electrons. The monoisotopic (exact) mass is 544 g/mol. The minimum absolute atomic E-state index is 0.116. The van der Waals surface area contributed by atoms with Crippen molar-refractivity contribution in [1.29, 1.82) is 5.41 Å². The first-order chi connectivity index (χ1) is 15.8. The maximum absolute atomic E-state index is 11.5. The highest BCUT2D eigenvalue weighted by Gasteiger charge is 2.50. The van der Waals surface area contributed by atoms with Gasteiger partial charge in [-0.2, -0.15) is 0 Å². The van der Waals surface area contributed by atoms with Crippen LogP contribution in [0.1, 0.15) is 34.6 Å². The lowest BCUT2D eigenvalue weighted by Crippen LogP contribution is -2.59. The molecule has 2 saturated heterocycles. The van der Waals surface area contributed by atoms with E-state index >= 15 is 0 Å². The predicted octanol–water partition coefficient (Wildman–Crippen LogP) is 4.37. The molecule has 2 fully saturated rings. The van der Waals surface area contributed by atoms with E-state index < -0.39 is 52.4 Å². The first-order valence-electron chi connectivity index (χ1n) is 10.8. The molecule has 0 amide bonds. The molecule has 1 N–H and O–H groups in total. The third-order valence-electron chi connectivity index (χ3n) is 6.26. The van der Waals surface area contributed by atoms with E-state index in [9.17, 15) is 4.79 Å². The number of halogens is 3. The second-order valence-electron chi connectivity index (χ2n) is 8.57. The Balaban J connectivity index is 2.33. The Morgan fingerprint density at radius 2 is 1.74 bits per heavy atom. The van der Waals surface area contributed by atoms with Crippen molar-refractivity contribution >= 4 is 46.7 Å². The second kappa shape index (κ2) is 12.3. The standard InChI is InChI=1S/C20H31Cl3N4O7/c1-8-11(4)31-17(10(3)15(8)29-6)33-16-9(2)14(26-27-25)18(34-19(24)20(21,22)23)32-13(16)7-30-12(5)28/h8-11,13-18,24H,7H2,1-6H3/t8-,9-,10+,11?,13?,14?,15?,16+,17+,18-/m1/s1. The van der Waals surface area contributed by atoms with Gasteiger partial charge >= 0.3 is 5.97 Å². The molecule has 0 saturated carbocycles. The number of hydrogen-bond donors (Lipinski definition) is 1. The Bertz CT molecular complexity index is 780. The van der Waals surface area contributed by atoms with Gasteiger partial charge in [-0.3, -0.25) is 10.2 Å². The fourth-order valence-corrected chi connectivity index (χ4v) is 4.39. The molecule has 0 bridgehead atoms. The molecule has 0 aromatic carbocycles. The van der Waals surface area contributed by atoms with Gasteiger partial charge in [-0.15, -0.1) is 0 Å². The van der Waals surface area contributed by atoms with Crippen LogP contribution in [0.4, 0.5) is 0 Å². The van der Waals surface area contributed by atoms with Crippen LogP contribution in [0.25, 0.3) is 10.4 Å². The van der Waals surface area contributed by atoms with Crippen molar-refractivity contribution in [3.05, 3.63) is 10.4 Å². The lowest BCUT2D eigenvalue weighted by molar-refractivity contribution is -0.317. The van der Waals surface area contributed by atoms with Gasteiger partial charge in [0, 0.05) is 30.8 Å². The van der Waals surface area contributed by atoms with Gasteiger partial charge in [0.2, 0.25) is 12.2 Å². The van der Waals surface area contributed by atoms with Crippen LogP contribution in [0.2, 0.25) is 0 Å². The summed E-state index contributed by atoms with van der Waals surface area (Å²) in [6.45, 7) is 8.77. The van der Waals surface area contributed by atoms with E-state index in [4.69, 9.17) is 74.2 Å². The number of carbonyl (C=O) groups is 1. The molecule has 0 spiro atoms. The summed E-state index contributed by atoms with van der Waals surface area (Å²) in [4.78, 5) is 14.4. The van der Waals surface area contributed by atoms with Gasteiger partial charge in [-0.25, -0.2) is 0 Å². The first-order valence-corrected chi connectivity index (χ1v) is 11.9. The van der Waals surface area contributed by atoms with Crippen molar-refractivity contribution in [2.24, 2.45) is 22.9 Å². The number of hydrogen-bond acceptors (Lipinski definition) is 9. The zero-order chi connectivity index (χ0) is 25.8. The van der Waals surface area contributed by atoms with Gasteiger partial charge in [-0.05, 0) is 18.4 Å². The highest BCUT2D eigenvalue weighted by Crippen LogP contribution is 2.38. The van der Waals surface area contributed by atoms with Gasteiger partial charge in [0.05, 0.1) is 18.3 Å². The lowest BCUT2D eigenvalue weighted by atomic mass is 9.85. The molecule has 0 aromatic rings. The number of rotatable bonds is 7. The summed E-state index contributed by atoms with van der Waals surface area (Å²) >= 11 is 17.2. The fourth-order valence-electron chi connectivity index (χ4n) is 4.26. The van der Waals surface area contributed by atoms with Crippen LogP contribution in [0, 0.1) is 23.2 Å². The highest BCUT2D eigenvalue weighted by atomic mass is 35.6. The van der Waals surface area contributed by atoms with E-state index in [1.807, 2.05) is 20.8 Å². The largest absolute Gasteiger partial charge is 0.463 e. The molecule has 2 heterocycles. The maximum atomic E-state index is 11.5. The van der Waals surface area contributed by atoms with Crippen LogP contribution in [0.15, 0.2) is 5.11 Å². The van der Waals surface area contributed by atoms with Gasteiger partial charge in [0.15, 0.2) is 6.29 Å². The summed E-state index contributed by atoms with van der Waals surface area (Å²) in [5, 5.41) is 11.7. The molecule has 0 aliphatic carbocycles. The van der Waals surface area contributed by atoms with Gasteiger partial charge < -0.3 is 28.4 Å². The Labute approximate surface area is 213 Å². The number of carbonyl (C=O) groups excluding carboxylic acids is 1. The molecule has 2 aliphatic heterocycles. The molecule has 11 nitrogen and oxygen atoms in total. The van der Waals surface area contributed by atoms with E-state index in [0.29, 0.717) is 0 Å². The molecule has 194 valence electrons. The van der Waals surface area contributed by atoms with E-state index in [-0.39, 0.29) is 30.7 Å². The topological polar surface area (TPSA) is 145 Å². The number of alkyl halides is 3. The lowest BCUT2D eigenvalue weighted by Gasteiger charge is -2.48. The molecule has 2 rings (SSSR count). The fraction of sp³-hybridized carbons (Fsp3) is 0.900. The highest BCUT2D eigenvalue weighted by molar-refractivity contribution is 6.76. The van der Waals surface area contributed by atoms with E-state index in [0.717, 1.165) is 0 Å². The van der Waals surface area contributed by atoms with Crippen LogP contribution < -0.4 is 0 Å². The summed E-state index contributed by atoms with van der Waals surface area (Å²) in [5.74, 6) is -1.76. The summed E-state index contributed by atoms with van der Waals surface area (Å²) in [5.41, 5.74) is 9.13. The molecule has 4 unspecified atom stereocenters. The Hall–Kier alpha value is -1.04. The van der Waals surface area contributed by atoms with Crippen LogP contribution in [0.5, 0.6) is 0 Å². The number of azide groups is 1. The third-order valence-corrected chi connectivity index (χ3v) is 6.77. The van der Waals surface area contributed by atoms with Crippen LogP contribution >= 0.6 is 34.8 Å². The van der Waals surface area contributed by atoms with Gasteiger partial charge in [0.1, 0.15) is 18.8 Å². The summed E-state index contributed by atoms with van der Waals surface area (Å²) in [6, 6.07) is -0.954. The molecule has 0 aromatic heterocycles. The smallest absolute Gasteiger partial charge is 0.302 e. The van der Waals surface area contributed by atoms with Gasteiger partial charge in [-0.1, -0.05) is 60.7 Å². The normalized spacial score (nSPS) is 38.5. The van der Waals surface area contributed by atoms with Crippen LogP contribution in [-0.2, 0) is 33.2 Å². The van der Waals surface area contributed by atoms with E-state index in [2.05, 4.69) is 10.0 Å². The predicted molar refractivity (Wildman–Crippen MR) is 125 cm³/mol. The van der Waals surface area contributed by atoms with Crippen molar-refractivity contribution < 1.29 is 33.2 Å². The Kier molecular flexibility index (Phi) is 10.5. The van der Waals surface area contributed by atoms with Crippen LogP contribution in [-0.4, -0.2) is 72.4 Å². The van der Waals surface area contributed by atoms with Crippen molar-refractivity contribution in [3.8, 4) is 0 Å². The molecular weight excluding hydrogens is 515 g/mol. The summed E-state index contributed by atoms with van der Waals surface area (Å²) in [6.07, 6.45) is -3.81. The number of esters is 1. The number of methoxy groups -OCH3 is 1. The SMILES string of the molecule is COC1[C@H](C)C(C)O[C@@H](O[C@@H]2C(COC(C)=O)O[C@H](OC(=N)C(Cl)(Cl)Cl)C(N=[N+]=[N-])[C@H]2C)[C@H]1C. The maximum Gasteiger partial charge on any atom is 0.302 e. The number of nitrogens with zero attached hydrogens (tertiary/aromatic N) is 3. The van der Waals surface area contributed by atoms with Crippen LogP contribution in [0.3, 0.4) is 0 Å². The molecule has 14 heteroatoms. The third kappa shape index (κ3) is 7.01. The van der Waals surface area contributed by atoms with Crippen molar-refractivity contribution in [1.82, 2.24) is 0 Å². The average Bonchev–Trinajstić information content (AvgIpc) is 2.74. The molecular formula is C20H31Cl3N4O7. The van der Waals surface area contributed by atoms with Crippen molar-refractivity contribution in [2.45, 2.75) is 81.4 Å². The minimum atomic E-state index is -2.15. The van der Waals surface area contributed by atoms with E-state index in [1.165, 1.54) is 6.92 Å². The first kappa shape index (κ1) is 29.2.